The predicted molar refractivity (Wildman–Crippen MR) is 75.7 cm³/mol. The van der Waals surface area contributed by atoms with E-state index in [0.717, 1.165) is 43.3 Å². The Kier molecular flexibility index (Phi) is 2.69. The minimum atomic E-state index is 0.791. The number of benzene rings is 1. The van der Waals surface area contributed by atoms with Crippen molar-refractivity contribution in [3.05, 3.63) is 23.3 Å². The fraction of sp³-hybridized carbons (Fsp3) is 0.533. The van der Waals surface area contributed by atoms with E-state index in [9.17, 15) is 0 Å². The molecular weight excluding hydrogens is 238 g/mol. The zero-order valence-corrected chi connectivity index (χ0v) is 11.1. The summed E-state index contributed by atoms with van der Waals surface area (Å²) in [5, 5.41) is 3.35. The number of hydrogen-bond acceptors (Lipinski definition) is 4. The van der Waals surface area contributed by atoms with Gasteiger partial charge in [0.2, 0.25) is 0 Å². The molecule has 1 N–H and O–H groups in total. The molecule has 1 aliphatic heterocycles. The first kappa shape index (κ1) is 11.3. The molecule has 1 aromatic heterocycles. The summed E-state index contributed by atoms with van der Waals surface area (Å²) < 4.78 is 5.96. The molecule has 1 aromatic carbocycles. The van der Waals surface area contributed by atoms with Crippen molar-refractivity contribution in [1.82, 2.24) is 10.3 Å². The second-order valence-corrected chi connectivity index (χ2v) is 5.53. The van der Waals surface area contributed by atoms with E-state index in [-0.39, 0.29) is 0 Å². The summed E-state index contributed by atoms with van der Waals surface area (Å²) in [5.74, 6) is 0. The topological polar surface area (TPSA) is 41.3 Å². The van der Waals surface area contributed by atoms with Gasteiger partial charge >= 0.3 is 0 Å². The van der Waals surface area contributed by atoms with Crippen LogP contribution in [0.1, 0.15) is 24.0 Å². The first-order valence-electron chi connectivity index (χ1n) is 7.28. The molecular formula is C15H19N3O. The third kappa shape index (κ3) is 2.00. The number of aromatic nitrogens is 1. The van der Waals surface area contributed by atoms with Crippen LogP contribution in [0.15, 0.2) is 16.5 Å². The minimum Gasteiger partial charge on any atom is -0.423 e. The summed E-state index contributed by atoms with van der Waals surface area (Å²) in [5.41, 5.74) is 4.91. The molecule has 0 saturated carbocycles. The van der Waals surface area contributed by atoms with Gasteiger partial charge in [0.15, 0.2) is 5.58 Å². The Morgan fingerprint density at radius 1 is 1.05 bits per heavy atom. The Morgan fingerprint density at radius 3 is 2.58 bits per heavy atom. The third-order valence-electron chi connectivity index (χ3n) is 4.23. The number of oxazole rings is 1. The molecule has 0 radical (unpaired) electrons. The van der Waals surface area contributed by atoms with Crippen molar-refractivity contribution in [3.8, 4) is 0 Å². The van der Waals surface area contributed by atoms with E-state index in [2.05, 4.69) is 27.3 Å². The largest absolute Gasteiger partial charge is 0.423 e. The first-order chi connectivity index (χ1) is 9.40. The lowest BCUT2D eigenvalue weighted by molar-refractivity contribution is 0.517. The summed E-state index contributed by atoms with van der Waals surface area (Å²) in [7, 11) is 0. The summed E-state index contributed by atoms with van der Waals surface area (Å²) in [6, 6.07) is 5.24. The standard InChI is InChI=1S/C15H19N3O/c1-2-4-12-10-14-13(9-11(12)3-1)17-15(19-14)18-7-5-16-6-8-18/h9-10,16H,1-8H2. The van der Waals surface area contributed by atoms with Crippen LogP contribution >= 0.6 is 0 Å². The van der Waals surface area contributed by atoms with Gasteiger partial charge < -0.3 is 14.6 Å². The molecule has 19 heavy (non-hydrogen) atoms. The van der Waals surface area contributed by atoms with E-state index in [1.807, 2.05) is 0 Å². The number of nitrogens with one attached hydrogen (secondary N) is 1. The van der Waals surface area contributed by atoms with E-state index in [1.165, 1.54) is 36.8 Å². The minimum absolute atomic E-state index is 0.791. The fourth-order valence-corrected chi connectivity index (χ4v) is 3.13. The Morgan fingerprint density at radius 2 is 1.79 bits per heavy atom. The molecule has 1 fully saturated rings. The molecule has 0 amide bonds. The molecule has 1 saturated heterocycles. The molecule has 4 heteroatoms. The zero-order valence-electron chi connectivity index (χ0n) is 11.1. The molecule has 0 spiro atoms. The van der Waals surface area contributed by atoms with Crippen LogP contribution in [-0.2, 0) is 12.8 Å². The number of anilines is 1. The molecule has 4 rings (SSSR count). The van der Waals surface area contributed by atoms with E-state index in [1.54, 1.807) is 0 Å². The van der Waals surface area contributed by atoms with Crippen LogP contribution in [0.2, 0.25) is 0 Å². The Labute approximate surface area is 112 Å². The monoisotopic (exact) mass is 257 g/mol. The van der Waals surface area contributed by atoms with Crippen molar-refractivity contribution in [2.45, 2.75) is 25.7 Å². The predicted octanol–water partition coefficient (Wildman–Crippen LogP) is 2.12. The highest BCUT2D eigenvalue weighted by Gasteiger charge is 2.18. The summed E-state index contributed by atoms with van der Waals surface area (Å²) >= 11 is 0. The molecule has 2 aromatic rings. The molecule has 0 unspecified atom stereocenters. The van der Waals surface area contributed by atoms with E-state index >= 15 is 0 Å². The van der Waals surface area contributed by atoms with E-state index in [4.69, 9.17) is 4.42 Å². The quantitative estimate of drug-likeness (QED) is 0.849. The highest BCUT2D eigenvalue weighted by Crippen LogP contribution is 2.29. The Hall–Kier alpha value is -1.55. The van der Waals surface area contributed by atoms with Gasteiger partial charge in [-0.1, -0.05) is 0 Å². The van der Waals surface area contributed by atoms with Crippen LogP contribution in [0.25, 0.3) is 11.1 Å². The van der Waals surface area contributed by atoms with Crippen molar-refractivity contribution in [1.29, 1.82) is 0 Å². The van der Waals surface area contributed by atoms with Crippen molar-refractivity contribution < 1.29 is 4.42 Å². The van der Waals surface area contributed by atoms with Gasteiger partial charge in [-0.15, -0.1) is 0 Å². The number of piperazine rings is 1. The van der Waals surface area contributed by atoms with Gasteiger partial charge in [0.1, 0.15) is 5.52 Å². The molecule has 4 nitrogen and oxygen atoms in total. The van der Waals surface area contributed by atoms with Gasteiger partial charge in [-0.25, -0.2) is 0 Å². The van der Waals surface area contributed by atoms with Gasteiger partial charge in [0.25, 0.3) is 6.01 Å². The van der Waals surface area contributed by atoms with Gasteiger partial charge in [-0.05, 0) is 48.9 Å². The lowest BCUT2D eigenvalue weighted by Crippen LogP contribution is -2.43. The first-order valence-corrected chi connectivity index (χ1v) is 7.28. The highest BCUT2D eigenvalue weighted by atomic mass is 16.4. The summed E-state index contributed by atoms with van der Waals surface area (Å²) in [6.07, 6.45) is 4.99. The number of fused-ring (bicyclic) bond motifs is 2. The highest BCUT2D eigenvalue weighted by molar-refractivity contribution is 5.77. The number of rotatable bonds is 1. The maximum atomic E-state index is 5.96. The van der Waals surface area contributed by atoms with Gasteiger partial charge in [0, 0.05) is 26.2 Å². The fourth-order valence-electron chi connectivity index (χ4n) is 3.13. The number of nitrogens with zero attached hydrogens (tertiary/aromatic N) is 2. The van der Waals surface area contributed by atoms with Gasteiger partial charge in [-0.3, -0.25) is 0 Å². The lowest BCUT2D eigenvalue weighted by Gasteiger charge is -2.25. The second kappa shape index (κ2) is 4.53. The smallest absolute Gasteiger partial charge is 0.298 e. The average Bonchev–Trinajstić information content (AvgIpc) is 2.88. The van der Waals surface area contributed by atoms with Crippen LogP contribution in [0.4, 0.5) is 6.01 Å². The lowest BCUT2D eigenvalue weighted by atomic mass is 9.91. The average molecular weight is 257 g/mol. The maximum absolute atomic E-state index is 5.96. The molecule has 100 valence electrons. The normalized spacial score (nSPS) is 19.7. The van der Waals surface area contributed by atoms with Gasteiger partial charge in [-0.2, -0.15) is 4.98 Å². The van der Waals surface area contributed by atoms with Crippen LogP contribution in [0.3, 0.4) is 0 Å². The summed E-state index contributed by atoms with van der Waals surface area (Å²) in [6.45, 7) is 3.98. The zero-order chi connectivity index (χ0) is 12.7. The van der Waals surface area contributed by atoms with Crippen molar-refractivity contribution in [2.75, 3.05) is 31.1 Å². The Balaban J connectivity index is 1.73. The second-order valence-electron chi connectivity index (χ2n) is 5.53. The number of aryl methyl sites for hydroxylation is 2. The molecule has 0 atom stereocenters. The third-order valence-corrected chi connectivity index (χ3v) is 4.23. The molecule has 1 aliphatic carbocycles. The summed E-state index contributed by atoms with van der Waals surface area (Å²) in [4.78, 5) is 6.91. The van der Waals surface area contributed by atoms with Crippen molar-refractivity contribution in [3.63, 3.8) is 0 Å². The molecule has 0 bridgehead atoms. The van der Waals surface area contributed by atoms with E-state index in [0.29, 0.717) is 0 Å². The van der Waals surface area contributed by atoms with Crippen LogP contribution in [0.5, 0.6) is 0 Å². The van der Waals surface area contributed by atoms with E-state index < -0.39 is 0 Å². The number of hydrogen-bond donors (Lipinski definition) is 1. The van der Waals surface area contributed by atoms with Crippen LogP contribution in [0, 0.1) is 0 Å². The molecule has 2 aliphatic rings. The van der Waals surface area contributed by atoms with Gasteiger partial charge in [0.05, 0.1) is 0 Å². The SMILES string of the molecule is c1c2c(cc3oc(N4CCNCC4)nc13)CCCC2. The maximum Gasteiger partial charge on any atom is 0.298 e. The molecule has 2 heterocycles. The van der Waals surface area contributed by atoms with Crippen molar-refractivity contribution >= 4 is 17.1 Å². The Bertz CT molecular complexity index is 556. The van der Waals surface area contributed by atoms with Crippen LogP contribution < -0.4 is 10.2 Å². The van der Waals surface area contributed by atoms with Crippen LogP contribution in [-0.4, -0.2) is 31.2 Å². The van der Waals surface area contributed by atoms with Crippen molar-refractivity contribution in [2.24, 2.45) is 0 Å².